The summed E-state index contributed by atoms with van der Waals surface area (Å²) in [5.74, 6) is -0.498. The lowest BCUT2D eigenvalue weighted by molar-refractivity contribution is 0.628. The molecule has 0 N–H and O–H groups in total. The molecule has 76 valence electrons. The number of aromatic nitrogens is 1. The van der Waals surface area contributed by atoms with Crippen LogP contribution >= 0.6 is 23.2 Å². The van der Waals surface area contributed by atoms with Crippen molar-refractivity contribution in [2.75, 3.05) is 0 Å². The van der Waals surface area contributed by atoms with Crippen molar-refractivity contribution in [3.05, 3.63) is 52.4 Å². The van der Waals surface area contributed by atoms with Gasteiger partial charge in [0.2, 0.25) is 0 Å². The number of nitrogens with zero attached hydrogens (tertiary/aromatic N) is 1. The monoisotopic (exact) mass is 241 g/mol. The second-order valence-corrected chi connectivity index (χ2v) is 3.72. The Kier molecular flexibility index (Phi) is 2.89. The van der Waals surface area contributed by atoms with Crippen molar-refractivity contribution in [2.24, 2.45) is 0 Å². The maximum atomic E-state index is 13.2. The summed E-state index contributed by atoms with van der Waals surface area (Å²) >= 11 is 11.8. The van der Waals surface area contributed by atoms with Gasteiger partial charge >= 0.3 is 0 Å². The number of pyridine rings is 1. The van der Waals surface area contributed by atoms with Gasteiger partial charge in [-0.1, -0.05) is 29.3 Å². The zero-order chi connectivity index (χ0) is 10.8. The highest BCUT2D eigenvalue weighted by Crippen LogP contribution is 2.34. The zero-order valence-corrected chi connectivity index (χ0v) is 9.06. The van der Waals surface area contributed by atoms with Gasteiger partial charge in [0.25, 0.3) is 0 Å². The third-order valence-corrected chi connectivity index (χ3v) is 2.65. The summed E-state index contributed by atoms with van der Waals surface area (Å²) in [5.41, 5.74) is 0.992. The van der Waals surface area contributed by atoms with Gasteiger partial charge in [0, 0.05) is 11.8 Å². The Balaban J connectivity index is 2.68. The third-order valence-electron chi connectivity index (χ3n) is 1.97. The van der Waals surface area contributed by atoms with E-state index < -0.39 is 5.82 Å². The van der Waals surface area contributed by atoms with E-state index >= 15 is 0 Å². The summed E-state index contributed by atoms with van der Waals surface area (Å²) in [7, 11) is 0. The van der Waals surface area contributed by atoms with Crippen molar-refractivity contribution < 1.29 is 4.39 Å². The summed E-state index contributed by atoms with van der Waals surface area (Å²) in [4.78, 5) is 4.08. The highest BCUT2D eigenvalue weighted by atomic mass is 35.5. The van der Waals surface area contributed by atoms with Crippen LogP contribution in [-0.4, -0.2) is 4.98 Å². The van der Waals surface area contributed by atoms with Crippen molar-refractivity contribution in [3.63, 3.8) is 0 Å². The molecule has 0 saturated carbocycles. The highest BCUT2D eigenvalue weighted by molar-refractivity contribution is 6.39. The zero-order valence-electron chi connectivity index (χ0n) is 7.55. The molecule has 2 rings (SSSR count). The summed E-state index contributed by atoms with van der Waals surface area (Å²) in [6.45, 7) is 0. The molecule has 0 amide bonds. The van der Waals surface area contributed by atoms with E-state index in [2.05, 4.69) is 4.98 Å². The smallest absolute Gasteiger partial charge is 0.142 e. The maximum absolute atomic E-state index is 13.2. The molecule has 0 spiro atoms. The van der Waals surface area contributed by atoms with Crippen LogP contribution in [0, 0.1) is 5.82 Å². The van der Waals surface area contributed by atoms with Crippen LogP contribution in [0.3, 0.4) is 0 Å². The van der Waals surface area contributed by atoms with Crippen LogP contribution in [0.15, 0.2) is 36.5 Å². The molecule has 0 saturated heterocycles. The van der Waals surface area contributed by atoms with Crippen molar-refractivity contribution in [1.82, 2.24) is 4.98 Å². The number of rotatable bonds is 1. The van der Waals surface area contributed by atoms with Crippen molar-refractivity contribution >= 4 is 23.2 Å². The van der Waals surface area contributed by atoms with Crippen LogP contribution in [-0.2, 0) is 0 Å². The summed E-state index contributed by atoms with van der Waals surface area (Å²) < 4.78 is 13.2. The summed E-state index contributed by atoms with van der Waals surface area (Å²) in [5, 5.41) is 0.390. The molecule has 1 aromatic heterocycles. The molecule has 15 heavy (non-hydrogen) atoms. The van der Waals surface area contributed by atoms with Gasteiger partial charge in [-0.15, -0.1) is 0 Å². The van der Waals surface area contributed by atoms with E-state index in [9.17, 15) is 4.39 Å². The first kappa shape index (κ1) is 10.4. The van der Waals surface area contributed by atoms with Gasteiger partial charge in [-0.05, 0) is 24.3 Å². The van der Waals surface area contributed by atoms with Crippen molar-refractivity contribution in [1.29, 1.82) is 0 Å². The number of hydrogen-bond acceptors (Lipinski definition) is 1. The molecular weight excluding hydrogens is 236 g/mol. The number of halogens is 3. The van der Waals surface area contributed by atoms with Crippen LogP contribution in [0.2, 0.25) is 10.0 Å². The lowest BCUT2D eigenvalue weighted by atomic mass is 10.1. The number of hydrogen-bond donors (Lipinski definition) is 0. The fourth-order valence-corrected chi connectivity index (χ4v) is 1.84. The molecule has 0 aliphatic carbocycles. The van der Waals surface area contributed by atoms with Gasteiger partial charge in [0.15, 0.2) is 0 Å². The largest absolute Gasteiger partial charge is 0.256 e. The first-order valence-electron chi connectivity index (χ1n) is 4.25. The number of benzene rings is 1. The second-order valence-electron chi connectivity index (χ2n) is 2.93. The SMILES string of the molecule is Fc1ccc(Cl)c(-c2ccccn2)c1Cl. The molecule has 1 heterocycles. The Bertz CT molecular complexity index is 485. The second kappa shape index (κ2) is 4.17. The lowest BCUT2D eigenvalue weighted by Crippen LogP contribution is -1.88. The molecule has 0 bridgehead atoms. The average Bonchev–Trinajstić information content (AvgIpc) is 2.26. The molecule has 0 unspecified atom stereocenters. The minimum absolute atomic E-state index is 0.00111. The van der Waals surface area contributed by atoms with Crippen LogP contribution in [0.25, 0.3) is 11.3 Å². The van der Waals surface area contributed by atoms with Gasteiger partial charge in [-0.3, -0.25) is 4.98 Å². The van der Waals surface area contributed by atoms with Crippen molar-refractivity contribution in [2.45, 2.75) is 0 Å². The first-order chi connectivity index (χ1) is 7.20. The molecule has 2 aromatic rings. The summed E-state index contributed by atoms with van der Waals surface area (Å²) in [6, 6.07) is 7.99. The van der Waals surface area contributed by atoms with E-state index in [1.165, 1.54) is 12.1 Å². The van der Waals surface area contributed by atoms with E-state index in [0.29, 0.717) is 16.3 Å². The van der Waals surface area contributed by atoms with E-state index in [1.54, 1.807) is 24.4 Å². The highest BCUT2D eigenvalue weighted by Gasteiger charge is 2.12. The molecule has 0 fully saturated rings. The Labute approximate surface area is 96.5 Å². The molecule has 1 aromatic carbocycles. The minimum Gasteiger partial charge on any atom is -0.256 e. The molecule has 0 atom stereocenters. The molecule has 4 heteroatoms. The van der Waals surface area contributed by atoms with Crippen molar-refractivity contribution in [3.8, 4) is 11.3 Å². The Morgan fingerprint density at radius 2 is 1.87 bits per heavy atom. The van der Waals surface area contributed by atoms with Gasteiger partial charge in [-0.25, -0.2) is 4.39 Å². The predicted molar refractivity (Wildman–Crippen MR) is 59.7 cm³/mol. The maximum Gasteiger partial charge on any atom is 0.142 e. The molecule has 1 nitrogen and oxygen atoms in total. The van der Waals surface area contributed by atoms with Crippen LogP contribution < -0.4 is 0 Å². The van der Waals surface area contributed by atoms with Crippen LogP contribution in [0.1, 0.15) is 0 Å². The average molecular weight is 242 g/mol. The van der Waals surface area contributed by atoms with Crippen LogP contribution in [0.4, 0.5) is 4.39 Å². The van der Waals surface area contributed by atoms with E-state index in [-0.39, 0.29) is 5.02 Å². The molecule has 0 radical (unpaired) electrons. The fourth-order valence-electron chi connectivity index (χ4n) is 1.27. The third kappa shape index (κ3) is 1.96. The normalized spacial score (nSPS) is 10.3. The molecule has 0 aliphatic rings. The van der Waals surface area contributed by atoms with E-state index in [4.69, 9.17) is 23.2 Å². The van der Waals surface area contributed by atoms with Gasteiger partial charge in [0.1, 0.15) is 5.82 Å². The quantitative estimate of drug-likeness (QED) is 0.683. The minimum atomic E-state index is -0.498. The Morgan fingerprint density at radius 1 is 1.07 bits per heavy atom. The van der Waals surface area contributed by atoms with Gasteiger partial charge < -0.3 is 0 Å². The summed E-state index contributed by atoms with van der Waals surface area (Å²) in [6.07, 6.45) is 1.60. The van der Waals surface area contributed by atoms with Gasteiger partial charge in [-0.2, -0.15) is 0 Å². The topological polar surface area (TPSA) is 12.9 Å². The predicted octanol–water partition coefficient (Wildman–Crippen LogP) is 4.19. The van der Waals surface area contributed by atoms with Crippen LogP contribution in [0.5, 0.6) is 0 Å². The first-order valence-corrected chi connectivity index (χ1v) is 5.00. The molecule has 0 aliphatic heterocycles. The van der Waals surface area contributed by atoms with E-state index in [1.807, 2.05) is 0 Å². The van der Waals surface area contributed by atoms with E-state index in [0.717, 1.165) is 0 Å². The standard InChI is InChI=1S/C11H6Cl2FN/c12-7-4-5-8(14)11(13)10(7)9-3-1-2-6-15-9/h1-6H. The van der Waals surface area contributed by atoms with Gasteiger partial charge in [0.05, 0.1) is 15.7 Å². The fraction of sp³-hybridized carbons (Fsp3) is 0. The Hall–Kier alpha value is -1.12. The Morgan fingerprint density at radius 3 is 2.53 bits per heavy atom. The lowest BCUT2D eigenvalue weighted by Gasteiger charge is -2.06. The molecular formula is C11H6Cl2FN.